The van der Waals surface area contributed by atoms with Crippen LogP contribution < -0.4 is 5.32 Å². The van der Waals surface area contributed by atoms with Crippen molar-refractivity contribution in [2.75, 3.05) is 12.4 Å². The minimum absolute atomic E-state index is 0.382. The first kappa shape index (κ1) is 14.5. The van der Waals surface area contributed by atoms with Gasteiger partial charge >= 0.3 is 0 Å². The summed E-state index contributed by atoms with van der Waals surface area (Å²) >= 11 is 6.01. The normalized spacial score (nSPS) is 27.3. The summed E-state index contributed by atoms with van der Waals surface area (Å²) in [6, 6.07) is 2.26. The van der Waals surface area contributed by atoms with Gasteiger partial charge < -0.3 is 10.1 Å². The Morgan fingerprint density at radius 2 is 2.11 bits per heavy atom. The van der Waals surface area contributed by atoms with Crippen LogP contribution in [0.5, 0.6) is 0 Å². The Morgan fingerprint density at radius 3 is 2.79 bits per heavy atom. The van der Waals surface area contributed by atoms with Crippen molar-refractivity contribution >= 4 is 17.4 Å². The van der Waals surface area contributed by atoms with Gasteiger partial charge in [-0.05, 0) is 31.1 Å². The number of nitrogens with zero attached hydrogens (tertiary/aromatic N) is 2. The van der Waals surface area contributed by atoms with E-state index in [2.05, 4.69) is 29.1 Å². The van der Waals surface area contributed by atoms with Gasteiger partial charge in [0.25, 0.3) is 0 Å². The van der Waals surface area contributed by atoms with E-state index < -0.39 is 0 Å². The molecule has 3 atom stereocenters. The molecule has 0 aliphatic heterocycles. The molecule has 1 N–H and O–H groups in total. The van der Waals surface area contributed by atoms with Crippen molar-refractivity contribution < 1.29 is 4.74 Å². The number of aromatic nitrogens is 2. The third-order valence-corrected chi connectivity index (χ3v) is 4.16. The summed E-state index contributed by atoms with van der Waals surface area (Å²) in [5.41, 5.74) is 0. The smallest absolute Gasteiger partial charge is 0.158 e. The Hall–Kier alpha value is -0.870. The van der Waals surface area contributed by atoms with Crippen LogP contribution >= 0.6 is 11.6 Å². The highest BCUT2D eigenvalue weighted by molar-refractivity contribution is 6.29. The van der Waals surface area contributed by atoms with Gasteiger partial charge in [-0.15, -0.1) is 0 Å². The van der Waals surface area contributed by atoms with Crippen LogP contribution in [-0.4, -0.2) is 23.1 Å². The summed E-state index contributed by atoms with van der Waals surface area (Å²) < 4.78 is 5.05. The number of hydrogen-bond acceptors (Lipinski definition) is 4. The number of halogens is 1. The fourth-order valence-corrected chi connectivity index (χ4v) is 2.82. The minimum atomic E-state index is 0.382. The van der Waals surface area contributed by atoms with Gasteiger partial charge in [-0.25, -0.2) is 9.97 Å². The Kier molecular flexibility index (Phi) is 4.99. The Balaban J connectivity index is 2.02. The van der Waals surface area contributed by atoms with Gasteiger partial charge in [0.05, 0.1) is 0 Å². The Labute approximate surface area is 119 Å². The highest BCUT2D eigenvalue weighted by atomic mass is 35.5. The van der Waals surface area contributed by atoms with Gasteiger partial charge in [0.2, 0.25) is 0 Å². The van der Waals surface area contributed by atoms with Gasteiger partial charge in [-0.1, -0.05) is 25.4 Å². The summed E-state index contributed by atoms with van der Waals surface area (Å²) in [7, 11) is 1.63. The molecule has 0 saturated heterocycles. The molecule has 106 valence electrons. The number of nitrogens with one attached hydrogen (secondary N) is 1. The molecule has 4 nitrogen and oxygen atoms in total. The minimum Gasteiger partial charge on any atom is -0.377 e. The third kappa shape index (κ3) is 4.05. The van der Waals surface area contributed by atoms with Gasteiger partial charge in [-0.2, -0.15) is 0 Å². The molecule has 0 bridgehead atoms. The van der Waals surface area contributed by atoms with E-state index in [1.54, 1.807) is 13.2 Å². The summed E-state index contributed by atoms with van der Waals surface area (Å²) in [6.45, 7) is 5.04. The van der Waals surface area contributed by atoms with Gasteiger partial charge in [-0.3, -0.25) is 0 Å². The van der Waals surface area contributed by atoms with Crippen LogP contribution in [0.25, 0.3) is 0 Å². The fourth-order valence-electron chi connectivity index (χ4n) is 2.62. The molecule has 19 heavy (non-hydrogen) atoms. The molecule has 0 aromatic carbocycles. The lowest BCUT2D eigenvalue weighted by Gasteiger charge is -2.32. The number of ether oxygens (including phenoxy) is 1. The van der Waals surface area contributed by atoms with Gasteiger partial charge in [0.1, 0.15) is 17.6 Å². The molecular formula is C14H22ClN3O. The number of methoxy groups -OCH3 is 1. The Morgan fingerprint density at radius 1 is 1.32 bits per heavy atom. The summed E-state index contributed by atoms with van der Waals surface area (Å²) in [5.74, 6) is 2.99. The van der Waals surface area contributed by atoms with Crippen LogP contribution in [0.3, 0.4) is 0 Å². The molecule has 3 unspecified atom stereocenters. The van der Waals surface area contributed by atoms with Crippen molar-refractivity contribution in [2.45, 2.75) is 45.8 Å². The van der Waals surface area contributed by atoms with E-state index in [4.69, 9.17) is 16.3 Å². The summed E-state index contributed by atoms with van der Waals surface area (Å²) in [4.78, 5) is 8.56. The van der Waals surface area contributed by atoms with E-state index in [-0.39, 0.29) is 0 Å². The highest BCUT2D eigenvalue weighted by Gasteiger charge is 2.24. The largest absolute Gasteiger partial charge is 0.377 e. The number of hydrogen-bond donors (Lipinski definition) is 1. The predicted octanol–water partition coefficient (Wildman–Crippen LogP) is 3.51. The molecule has 1 aliphatic carbocycles. The molecule has 1 fully saturated rings. The average Bonchev–Trinajstić information content (AvgIpc) is 2.33. The van der Waals surface area contributed by atoms with E-state index in [0.29, 0.717) is 23.6 Å². The average molecular weight is 284 g/mol. The van der Waals surface area contributed by atoms with E-state index >= 15 is 0 Å². The number of rotatable bonds is 4. The lowest BCUT2D eigenvalue weighted by atomic mass is 9.79. The van der Waals surface area contributed by atoms with Crippen molar-refractivity contribution in [3.8, 4) is 0 Å². The quantitative estimate of drug-likeness (QED) is 0.859. The fraction of sp³-hybridized carbons (Fsp3) is 0.714. The SMILES string of the molecule is COCc1nc(Cl)cc(NC2CCC(C)C(C)C2)n1. The zero-order chi connectivity index (χ0) is 13.8. The number of anilines is 1. The topological polar surface area (TPSA) is 47.0 Å². The zero-order valence-corrected chi connectivity index (χ0v) is 12.6. The predicted molar refractivity (Wildman–Crippen MR) is 77.3 cm³/mol. The highest BCUT2D eigenvalue weighted by Crippen LogP contribution is 2.31. The molecule has 0 amide bonds. The summed E-state index contributed by atoms with van der Waals surface area (Å²) in [5, 5.41) is 3.94. The van der Waals surface area contributed by atoms with E-state index in [0.717, 1.165) is 17.7 Å². The molecule has 1 aliphatic rings. The summed E-state index contributed by atoms with van der Waals surface area (Å²) in [6.07, 6.45) is 3.64. The molecule has 2 rings (SSSR count). The van der Waals surface area contributed by atoms with Crippen molar-refractivity contribution in [3.05, 3.63) is 17.0 Å². The molecule has 0 spiro atoms. The van der Waals surface area contributed by atoms with Crippen LogP contribution in [-0.2, 0) is 11.3 Å². The maximum Gasteiger partial charge on any atom is 0.158 e. The maximum atomic E-state index is 6.01. The molecule has 0 radical (unpaired) electrons. The maximum absolute atomic E-state index is 6.01. The van der Waals surface area contributed by atoms with Crippen LogP contribution in [0.15, 0.2) is 6.07 Å². The lowest BCUT2D eigenvalue weighted by Crippen LogP contribution is -2.30. The van der Waals surface area contributed by atoms with E-state index in [1.165, 1.54) is 19.3 Å². The standard InChI is InChI=1S/C14H22ClN3O/c1-9-4-5-11(6-10(9)2)16-13-7-12(15)17-14(18-13)8-19-3/h7,9-11H,4-6,8H2,1-3H3,(H,16,17,18). The molecule has 1 saturated carbocycles. The molecule has 1 aromatic heterocycles. The van der Waals surface area contributed by atoms with Crippen molar-refractivity contribution in [3.63, 3.8) is 0 Å². The first-order valence-electron chi connectivity index (χ1n) is 6.87. The van der Waals surface area contributed by atoms with Crippen LogP contribution in [0, 0.1) is 11.8 Å². The second-order valence-electron chi connectivity index (χ2n) is 5.53. The first-order chi connectivity index (χ1) is 9.08. The Bertz CT molecular complexity index is 427. The van der Waals surface area contributed by atoms with Gasteiger partial charge in [0.15, 0.2) is 5.82 Å². The van der Waals surface area contributed by atoms with Crippen molar-refractivity contribution in [1.29, 1.82) is 0 Å². The second kappa shape index (κ2) is 6.53. The van der Waals surface area contributed by atoms with Crippen LogP contribution in [0.2, 0.25) is 5.15 Å². The zero-order valence-electron chi connectivity index (χ0n) is 11.8. The van der Waals surface area contributed by atoms with E-state index in [1.807, 2.05) is 0 Å². The van der Waals surface area contributed by atoms with E-state index in [9.17, 15) is 0 Å². The monoisotopic (exact) mass is 283 g/mol. The first-order valence-corrected chi connectivity index (χ1v) is 7.25. The third-order valence-electron chi connectivity index (χ3n) is 3.96. The molecule has 1 heterocycles. The van der Waals surface area contributed by atoms with Gasteiger partial charge in [0, 0.05) is 19.2 Å². The second-order valence-corrected chi connectivity index (χ2v) is 5.92. The molecular weight excluding hydrogens is 262 g/mol. The lowest BCUT2D eigenvalue weighted by molar-refractivity contribution is 0.178. The van der Waals surface area contributed by atoms with Crippen molar-refractivity contribution in [2.24, 2.45) is 11.8 Å². The van der Waals surface area contributed by atoms with Crippen LogP contribution in [0.4, 0.5) is 5.82 Å². The van der Waals surface area contributed by atoms with Crippen molar-refractivity contribution in [1.82, 2.24) is 9.97 Å². The molecule has 1 aromatic rings. The van der Waals surface area contributed by atoms with Crippen LogP contribution in [0.1, 0.15) is 38.9 Å². The molecule has 5 heteroatoms.